The van der Waals surface area contributed by atoms with Gasteiger partial charge in [-0.1, -0.05) is 12.1 Å². The highest BCUT2D eigenvalue weighted by Gasteiger charge is 2.08. The number of fused-ring (bicyclic) bond motifs is 1. The zero-order chi connectivity index (χ0) is 12.3. The fourth-order valence-corrected chi connectivity index (χ4v) is 1.85. The minimum atomic E-state index is -0.472. The van der Waals surface area contributed by atoms with Crippen molar-refractivity contribution in [3.05, 3.63) is 41.6 Å². The van der Waals surface area contributed by atoms with Crippen LogP contribution in [0.25, 0.3) is 10.9 Å². The van der Waals surface area contributed by atoms with Crippen molar-refractivity contribution in [2.45, 2.75) is 19.4 Å². The standard InChI is InChI=1S/C14H17NO2/c1-10-3-4-11-9-12(5-6-13(11)15-10)14(16)7-8-17-2/h3-6,9,14,16H,7-8H2,1-2H3. The number of ether oxygens (including phenoxy) is 1. The number of nitrogens with zero attached hydrogens (tertiary/aromatic N) is 1. The number of hydrogen-bond donors (Lipinski definition) is 1. The van der Waals surface area contributed by atoms with E-state index >= 15 is 0 Å². The molecule has 0 saturated carbocycles. The molecule has 17 heavy (non-hydrogen) atoms. The maximum Gasteiger partial charge on any atom is 0.0812 e. The maximum absolute atomic E-state index is 9.97. The Morgan fingerprint density at radius 1 is 1.29 bits per heavy atom. The molecule has 0 aliphatic carbocycles. The fourth-order valence-electron chi connectivity index (χ4n) is 1.85. The molecule has 0 bridgehead atoms. The smallest absolute Gasteiger partial charge is 0.0812 e. The van der Waals surface area contributed by atoms with E-state index in [1.54, 1.807) is 7.11 Å². The molecule has 1 aromatic heterocycles. The third-order valence-electron chi connectivity index (χ3n) is 2.83. The Hall–Kier alpha value is -1.45. The summed E-state index contributed by atoms with van der Waals surface area (Å²) < 4.78 is 4.96. The van der Waals surface area contributed by atoms with Gasteiger partial charge < -0.3 is 9.84 Å². The molecule has 3 nitrogen and oxygen atoms in total. The number of aryl methyl sites for hydroxylation is 1. The summed E-state index contributed by atoms with van der Waals surface area (Å²) in [5.74, 6) is 0. The number of hydrogen-bond acceptors (Lipinski definition) is 3. The number of aliphatic hydroxyl groups excluding tert-OH is 1. The van der Waals surface area contributed by atoms with E-state index in [2.05, 4.69) is 4.98 Å². The number of benzene rings is 1. The van der Waals surface area contributed by atoms with Gasteiger partial charge in [0.15, 0.2) is 0 Å². The molecule has 0 fully saturated rings. The third kappa shape index (κ3) is 2.81. The molecule has 90 valence electrons. The Bertz CT molecular complexity index is 511. The molecule has 1 N–H and O–H groups in total. The largest absolute Gasteiger partial charge is 0.388 e. The first-order valence-electron chi connectivity index (χ1n) is 5.75. The summed E-state index contributed by atoms with van der Waals surface area (Å²) in [7, 11) is 1.64. The molecular formula is C14H17NO2. The molecule has 0 spiro atoms. The van der Waals surface area contributed by atoms with Crippen LogP contribution in [-0.4, -0.2) is 23.8 Å². The highest BCUT2D eigenvalue weighted by Crippen LogP contribution is 2.21. The van der Waals surface area contributed by atoms with E-state index < -0.39 is 6.10 Å². The van der Waals surface area contributed by atoms with E-state index in [4.69, 9.17) is 4.74 Å². The molecule has 3 heteroatoms. The molecule has 0 amide bonds. The van der Waals surface area contributed by atoms with E-state index in [1.807, 2.05) is 37.3 Å². The van der Waals surface area contributed by atoms with Crippen molar-refractivity contribution in [3.8, 4) is 0 Å². The van der Waals surface area contributed by atoms with E-state index in [1.165, 1.54) is 0 Å². The summed E-state index contributed by atoms with van der Waals surface area (Å²) in [5, 5.41) is 11.0. The maximum atomic E-state index is 9.97. The zero-order valence-corrected chi connectivity index (χ0v) is 10.2. The predicted octanol–water partition coefficient (Wildman–Crippen LogP) is 2.61. The van der Waals surface area contributed by atoms with Crippen LogP contribution in [0, 0.1) is 6.92 Å². The molecule has 0 saturated heterocycles. The van der Waals surface area contributed by atoms with Gasteiger partial charge in [0.25, 0.3) is 0 Å². The van der Waals surface area contributed by atoms with E-state index in [-0.39, 0.29) is 0 Å². The first kappa shape index (κ1) is 12.0. The SMILES string of the molecule is COCCC(O)c1ccc2nc(C)ccc2c1. The summed E-state index contributed by atoms with van der Waals surface area (Å²) in [4.78, 5) is 4.43. The van der Waals surface area contributed by atoms with Gasteiger partial charge in [-0.3, -0.25) is 4.98 Å². The van der Waals surface area contributed by atoms with Gasteiger partial charge in [0.2, 0.25) is 0 Å². The summed E-state index contributed by atoms with van der Waals surface area (Å²) >= 11 is 0. The highest BCUT2D eigenvalue weighted by molar-refractivity contribution is 5.79. The van der Waals surface area contributed by atoms with Gasteiger partial charge in [-0.05, 0) is 30.7 Å². The second-order valence-electron chi connectivity index (χ2n) is 4.20. The Morgan fingerprint density at radius 2 is 2.12 bits per heavy atom. The molecule has 0 aliphatic rings. The van der Waals surface area contributed by atoms with Crippen LogP contribution in [-0.2, 0) is 4.74 Å². The topological polar surface area (TPSA) is 42.4 Å². The van der Waals surface area contributed by atoms with Crippen LogP contribution < -0.4 is 0 Å². The monoisotopic (exact) mass is 231 g/mol. The minimum Gasteiger partial charge on any atom is -0.388 e. The van der Waals surface area contributed by atoms with Crippen molar-refractivity contribution in [2.24, 2.45) is 0 Å². The van der Waals surface area contributed by atoms with Gasteiger partial charge in [-0.15, -0.1) is 0 Å². The minimum absolute atomic E-state index is 0.472. The molecule has 2 rings (SSSR count). The Morgan fingerprint density at radius 3 is 2.88 bits per heavy atom. The van der Waals surface area contributed by atoms with Crippen molar-refractivity contribution in [1.29, 1.82) is 0 Å². The molecule has 2 aromatic rings. The van der Waals surface area contributed by atoms with Gasteiger partial charge in [0.05, 0.1) is 11.6 Å². The number of aliphatic hydroxyl groups is 1. The molecular weight excluding hydrogens is 214 g/mol. The van der Waals surface area contributed by atoms with Crippen LogP contribution in [0.15, 0.2) is 30.3 Å². The molecule has 1 heterocycles. The Kier molecular flexibility index (Phi) is 3.71. The average Bonchev–Trinajstić information content (AvgIpc) is 2.35. The average molecular weight is 231 g/mol. The van der Waals surface area contributed by atoms with Crippen molar-refractivity contribution in [1.82, 2.24) is 4.98 Å². The summed E-state index contributed by atoms with van der Waals surface area (Å²) in [6, 6.07) is 9.88. The first-order chi connectivity index (χ1) is 8.20. The zero-order valence-electron chi connectivity index (χ0n) is 10.2. The van der Waals surface area contributed by atoms with Crippen molar-refractivity contribution in [2.75, 3.05) is 13.7 Å². The lowest BCUT2D eigenvalue weighted by atomic mass is 10.0. The Labute approximate surface area is 101 Å². The van der Waals surface area contributed by atoms with E-state index in [0.29, 0.717) is 13.0 Å². The first-order valence-corrected chi connectivity index (χ1v) is 5.75. The van der Waals surface area contributed by atoms with E-state index in [0.717, 1.165) is 22.2 Å². The number of methoxy groups -OCH3 is 1. The molecule has 0 radical (unpaired) electrons. The number of rotatable bonds is 4. The summed E-state index contributed by atoms with van der Waals surface area (Å²) in [5.41, 5.74) is 2.89. The van der Waals surface area contributed by atoms with Crippen LogP contribution in [0.5, 0.6) is 0 Å². The second-order valence-corrected chi connectivity index (χ2v) is 4.20. The van der Waals surface area contributed by atoms with Crippen LogP contribution in [0.4, 0.5) is 0 Å². The molecule has 1 atom stereocenters. The van der Waals surface area contributed by atoms with Crippen LogP contribution in [0.1, 0.15) is 23.8 Å². The lowest BCUT2D eigenvalue weighted by Gasteiger charge is -2.11. The van der Waals surface area contributed by atoms with Crippen molar-refractivity contribution < 1.29 is 9.84 Å². The van der Waals surface area contributed by atoms with Gasteiger partial charge >= 0.3 is 0 Å². The number of pyridine rings is 1. The normalized spacial score (nSPS) is 12.9. The van der Waals surface area contributed by atoms with Gasteiger partial charge in [-0.25, -0.2) is 0 Å². The van der Waals surface area contributed by atoms with Crippen LogP contribution in [0.2, 0.25) is 0 Å². The van der Waals surface area contributed by atoms with Crippen LogP contribution >= 0.6 is 0 Å². The predicted molar refractivity (Wildman–Crippen MR) is 67.9 cm³/mol. The molecule has 0 aliphatic heterocycles. The summed E-state index contributed by atoms with van der Waals surface area (Å²) in [6.45, 7) is 2.53. The van der Waals surface area contributed by atoms with Gasteiger partial charge in [-0.2, -0.15) is 0 Å². The second kappa shape index (κ2) is 5.25. The summed E-state index contributed by atoms with van der Waals surface area (Å²) in [6.07, 6.45) is 0.141. The molecule has 1 unspecified atom stereocenters. The lowest BCUT2D eigenvalue weighted by molar-refractivity contribution is 0.110. The lowest BCUT2D eigenvalue weighted by Crippen LogP contribution is -2.01. The van der Waals surface area contributed by atoms with Gasteiger partial charge in [0, 0.05) is 31.2 Å². The fraction of sp³-hybridized carbons (Fsp3) is 0.357. The molecule has 1 aromatic carbocycles. The quantitative estimate of drug-likeness (QED) is 0.879. The van der Waals surface area contributed by atoms with E-state index in [9.17, 15) is 5.11 Å². The Balaban J connectivity index is 2.28. The van der Waals surface area contributed by atoms with Gasteiger partial charge in [0.1, 0.15) is 0 Å². The number of aromatic nitrogens is 1. The highest BCUT2D eigenvalue weighted by atomic mass is 16.5. The third-order valence-corrected chi connectivity index (χ3v) is 2.83. The van der Waals surface area contributed by atoms with Crippen molar-refractivity contribution >= 4 is 10.9 Å². The van der Waals surface area contributed by atoms with Crippen LogP contribution in [0.3, 0.4) is 0 Å². The van der Waals surface area contributed by atoms with Crippen molar-refractivity contribution in [3.63, 3.8) is 0 Å².